The highest BCUT2D eigenvalue weighted by Gasteiger charge is 1.96. The fraction of sp³-hybridized carbons (Fsp3) is 0.333. The maximum atomic E-state index is 5.61. The molecule has 0 aliphatic carbocycles. The molecule has 0 fully saturated rings. The van der Waals surface area contributed by atoms with Crippen molar-refractivity contribution in [2.45, 2.75) is 13.3 Å². The van der Waals surface area contributed by atoms with E-state index in [2.05, 4.69) is 48.0 Å². The Labute approximate surface area is 113 Å². The maximum Gasteiger partial charge on any atom is 0.0639 e. The average molecular weight is 261 g/mol. The molecule has 0 saturated carbocycles. The van der Waals surface area contributed by atoms with Crippen LogP contribution >= 0.6 is 11.3 Å². The molecule has 18 heavy (non-hydrogen) atoms. The lowest BCUT2D eigenvalue weighted by atomic mass is 10.2. The van der Waals surface area contributed by atoms with E-state index in [1.807, 2.05) is 6.07 Å². The highest BCUT2D eigenvalue weighted by molar-refractivity contribution is 7.09. The van der Waals surface area contributed by atoms with Crippen molar-refractivity contribution in [1.82, 2.24) is 0 Å². The number of rotatable bonds is 7. The van der Waals surface area contributed by atoms with Crippen molar-refractivity contribution in [2.24, 2.45) is 0 Å². The lowest BCUT2D eigenvalue weighted by Crippen LogP contribution is -2.11. The molecule has 0 spiro atoms. The number of nitrogens with one attached hydrogen (secondary N) is 1. The van der Waals surface area contributed by atoms with Crippen molar-refractivity contribution in [3.63, 3.8) is 0 Å². The van der Waals surface area contributed by atoms with Gasteiger partial charge in [-0.15, -0.1) is 11.3 Å². The lowest BCUT2D eigenvalue weighted by Gasteiger charge is -2.09. The molecule has 1 heterocycles. The molecule has 96 valence electrons. The van der Waals surface area contributed by atoms with Crippen molar-refractivity contribution in [1.29, 1.82) is 0 Å². The van der Waals surface area contributed by atoms with E-state index in [9.17, 15) is 0 Å². The molecule has 2 nitrogen and oxygen atoms in total. The lowest BCUT2D eigenvalue weighted by molar-refractivity contribution is 0.147. The molecule has 1 aromatic carbocycles. The van der Waals surface area contributed by atoms with Gasteiger partial charge in [-0.2, -0.15) is 0 Å². The quantitative estimate of drug-likeness (QED) is 0.767. The predicted octanol–water partition coefficient (Wildman–Crippen LogP) is 3.73. The number of thiophene rings is 1. The third-order valence-corrected chi connectivity index (χ3v) is 3.72. The van der Waals surface area contributed by atoms with Crippen LogP contribution in [0.5, 0.6) is 0 Å². The van der Waals surface area contributed by atoms with E-state index in [0.29, 0.717) is 0 Å². The standard InChI is InChI=1S/C15H19NOS/c1-13-5-2-3-7-15(13)16-9-11-17-10-8-14-6-4-12-18-14/h2-7,12,16H,8-11H2,1H3. The summed E-state index contributed by atoms with van der Waals surface area (Å²) in [7, 11) is 0. The minimum absolute atomic E-state index is 0.750. The topological polar surface area (TPSA) is 21.3 Å². The summed E-state index contributed by atoms with van der Waals surface area (Å²) in [5.41, 5.74) is 2.47. The van der Waals surface area contributed by atoms with E-state index in [4.69, 9.17) is 4.74 Å². The fourth-order valence-electron chi connectivity index (χ4n) is 1.76. The van der Waals surface area contributed by atoms with Gasteiger partial charge in [0, 0.05) is 23.5 Å². The third-order valence-electron chi connectivity index (χ3n) is 2.78. The van der Waals surface area contributed by atoms with Crippen molar-refractivity contribution in [3.8, 4) is 0 Å². The third kappa shape index (κ3) is 4.17. The van der Waals surface area contributed by atoms with Crippen LogP contribution in [-0.4, -0.2) is 19.8 Å². The average Bonchev–Trinajstić information content (AvgIpc) is 2.89. The molecular formula is C15H19NOS. The second-order valence-electron chi connectivity index (χ2n) is 4.18. The summed E-state index contributed by atoms with van der Waals surface area (Å²) in [5, 5.41) is 5.49. The molecule has 0 bridgehead atoms. The Balaban J connectivity index is 1.58. The molecule has 0 saturated heterocycles. The molecule has 0 aliphatic rings. The van der Waals surface area contributed by atoms with Crippen LogP contribution in [0.25, 0.3) is 0 Å². The number of anilines is 1. The smallest absolute Gasteiger partial charge is 0.0639 e. The Hall–Kier alpha value is -1.32. The molecule has 1 aromatic heterocycles. The summed E-state index contributed by atoms with van der Waals surface area (Å²) in [5.74, 6) is 0. The SMILES string of the molecule is Cc1ccccc1NCCOCCc1cccs1. The summed E-state index contributed by atoms with van der Waals surface area (Å²) >= 11 is 1.79. The van der Waals surface area contributed by atoms with Crippen molar-refractivity contribution in [2.75, 3.05) is 25.1 Å². The Morgan fingerprint density at radius 2 is 2.00 bits per heavy atom. The highest BCUT2D eigenvalue weighted by Crippen LogP contribution is 2.12. The van der Waals surface area contributed by atoms with Crippen molar-refractivity contribution in [3.05, 3.63) is 52.2 Å². The van der Waals surface area contributed by atoms with Gasteiger partial charge >= 0.3 is 0 Å². The number of ether oxygens (including phenoxy) is 1. The Bertz CT molecular complexity index is 453. The van der Waals surface area contributed by atoms with Gasteiger partial charge in [-0.3, -0.25) is 0 Å². The molecule has 0 amide bonds. The molecule has 0 atom stereocenters. The van der Waals surface area contributed by atoms with Crippen molar-refractivity contribution >= 4 is 17.0 Å². The first-order chi connectivity index (χ1) is 8.86. The minimum atomic E-state index is 0.750. The number of aryl methyl sites for hydroxylation is 1. The van der Waals surface area contributed by atoms with Gasteiger partial charge in [-0.1, -0.05) is 24.3 Å². The summed E-state index contributed by atoms with van der Waals surface area (Å²) in [6.07, 6.45) is 1.02. The summed E-state index contributed by atoms with van der Waals surface area (Å²) in [6, 6.07) is 12.5. The number of hydrogen-bond donors (Lipinski definition) is 1. The van der Waals surface area contributed by atoms with Crippen LogP contribution < -0.4 is 5.32 Å². The van der Waals surface area contributed by atoms with Crippen LogP contribution in [0, 0.1) is 6.92 Å². The van der Waals surface area contributed by atoms with Gasteiger partial charge in [0.05, 0.1) is 13.2 Å². The van der Waals surface area contributed by atoms with Gasteiger partial charge in [0.25, 0.3) is 0 Å². The molecule has 0 unspecified atom stereocenters. The zero-order valence-corrected chi connectivity index (χ0v) is 11.5. The monoisotopic (exact) mass is 261 g/mol. The van der Waals surface area contributed by atoms with E-state index >= 15 is 0 Å². The van der Waals surface area contributed by atoms with E-state index < -0.39 is 0 Å². The molecule has 3 heteroatoms. The predicted molar refractivity (Wildman–Crippen MR) is 78.5 cm³/mol. The molecule has 0 aliphatic heterocycles. The number of hydrogen-bond acceptors (Lipinski definition) is 3. The van der Waals surface area contributed by atoms with E-state index in [1.165, 1.54) is 16.1 Å². The van der Waals surface area contributed by atoms with E-state index in [1.54, 1.807) is 11.3 Å². The van der Waals surface area contributed by atoms with Gasteiger partial charge in [0.2, 0.25) is 0 Å². The molecule has 1 N–H and O–H groups in total. The normalized spacial score (nSPS) is 10.5. The van der Waals surface area contributed by atoms with Crippen LogP contribution in [0.2, 0.25) is 0 Å². The Kier molecular flexibility index (Phi) is 5.24. The van der Waals surface area contributed by atoms with Crippen LogP contribution in [0.15, 0.2) is 41.8 Å². The van der Waals surface area contributed by atoms with Crippen LogP contribution in [0.1, 0.15) is 10.4 Å². The fourth-order valence-corrected chi connectivity index (χ4v) is 2.45. The number of benzene rings is 1. The van der Waals surface area contributed by atoms with Gasteiger partial charge < -0.3 is 10.1 Å². The maximum absolute atomic E-state index is 5.61. The van der Waals surface area contributed by atoms with Crippen LogP contribution in [0.3, 0.4) is 0 Å². The second-order valence-corrected chi connectivity index (χ2v) is 5.22. The highest BCUT2D eigenvalue weighted by atomic mass is 32.1. The largest absolute Gasteiger partial charge is 0.383 e. The van der Waals surface area contributed by atoms with Gasteiger partial charge in [-0.05, 0) is 30.0 Å². The zero-order valence-electron chi connectivity index (χ0n) is 10.7. The van der Waals surface area contributed by atoms with Crippen LogP contribution in [-0.2, 0) is 11.2 Å². The first-order valence-corrected chi connectivity index (χ1v) is 7.14. The zero-order chi connectivity index (χ0) is 12.6. The number of para-hydroxylation sites is 1. The van der Waals surface area contributed by atoms with Crippen LogP contribution in [0.4, 0.5) is 5.69 Å². The van der Waals surface area contributed by atoms with Gasteiger partial charge in [0.1, 0.15) is 0 Å². The molecular weight excluding hydrogens is 242 g/mol. The van der Waals surface area contributed by atoms with Crippen molar-refractivity contribution < 1.29 is 4.74 Å². The second kappa shape index (κ2) is 7.19. The summed E-state index contributed by atoms with van der Waals surface area (Å²) in [4.78, 5) is 1.39. The Morgan fingerprint density at radius 1 is 1.11 bits per heavy atom. The molecule has 2 rings (SSSR count). The minimum Gasteiger partial charge on any atom is -0.383 e. The first kappa shape index (κ1) is 13.1. The summed E-state index contributed by atoms with van der Waals surface area (Å²) in [6.45, 7) is 4.52. The van der Waals surface area contributed by atoms with Gasteiger partial charge in [-0.25, -0.2) is 0 Å². The Morgan fingerprint density at radius 3 is 2.78 bits per heavy atom. The summed E-state index contributed by atoms with van der Waals surface area (Å²) < 4.78 is 5.61. The van der Waals surface area contributed by atoms with E-state index in [-0.39, 0.29) is 0 Å². The van der Waals surface area contributed by atoms with E-state index in [0.717, 1.165) is 26.2 Å². The first-order valence-electron chi connectivity index (χ1n) is 6.26. The van der Waals surface area contributed by atoms with Gasteiger partial charge in [0.15, 0.2) is 0 Å². The molecule has 0 radical (unpaired) electrons. The molecule has 2 aromatic rings.